The molecule has 0 radical (unpaired) electrons. The van der Waals surface area contributed by atoms with Crippen molar-refractivity contribution < 1.29 is 18.9 Å². The second kappa shape index (κ2) is 11.0. The second-order valence-corrected chi connectivity index (χ2v) is 9.95. The van der Waals surface area contributed by atoms with Gasteiger partial charge in [0.05, 0.1) is 24.2 Å². The fourth-order valence-corrected chi connectivity index (χ4v) is 4.95. The smallest absolute Gasteiger partial charge is 0.282 e. The van der Waals surface area contributed by atoms with Crippen LogP contribution >= 0.6 is 27.5 Å². The van der Waals surface area contributed by atoms with Crippen LogP contribution < -0.4 is 24.5 Å². The maximum absolute atomic E-state index is 13.5. The van der Waals surface area contributed by atoms with Crippen LogP contribution in [0.4, 0.5) is 0 Å². The van der Waals surface area contributed by atoms with Crippen molar-refractivity contribution in [3.8, 4) is 34.4 Å². The summed E-state index contributed by atoms with van der Waals surface area (Å²) in [7, 11) is 1.53. The molecule has 0 atom stereocenters. The molecule has 5 aromatic rings. The largest absolute Gasteiger partial charge is 0.493 e. The zero-order chi connectivity index (χ0) is 27.6. The third-order valence-corrected chi connectivity index (χ3v) is 7.74. The van der Waals surface area contributed by atoms with E-state index in [1.165, 1.54) is 18.0 Å². The topological polar surface area (TPSA) is 84.2 Å². The fourth-order valence-electron chi connectivity index (χ4n) is 4.30. The molecule has 0 saturated heterocycles. The van der Waals surface area contributed by atoms with E-state index < -0.39 is 0 Å². The summed E-state index contributed by atoms with van der Waals surface area (Å²) in [5.74, 6) is 2.54. The van der Waals surface area contributed by atoms with E-state index in [0.717, 1.165) is 11.1 Å². The highest BCUT2D eigenvalue weighted by molar-refractivity contribution is 9.10. The minimum atomic E-state index is -0.293. The van der Waals surface area contributed by atoms with Crippen LogP contribution in [-0.2, 0) is 6.61 Å². The van der Waals surface area contributed by atoms with E-state index in [4.69, 9.17) is 35.5 Å². The molecule has 0 bridgehead atoms. The summed E-state index contributed by atoms with van der Waals surface area (Å²) in [6, 6.07) is 23.9. The van der Waals surface area contributed by atoms with Crippen molar-refractivity contribution in [2.75, 3.05) is 13.9 Å². The highest BCUT2D eigenvalue weighted by atomic mass is 79.9. The molecule has 0 spiro atoms. The fraction of sp³-hybridized carbons (Fsp3) is 0.100. The summed E-state index contributed by atoms with van der Waals surface area (Å²) in [5.41, 5.74) is 2.51. The molecule has 6 rings (SSSR count). The molecule has 0 amide bonds. The summed E-state index contributed by atoms with van der Waals surface area (Å²) in [6.45, 7) is 0.425. The van der Waals surface area contributed by atoms with Gasteiger partial charge in [-0.25, -0.2) is 4.98 Å². The van der Waals surface area contributed by atoms with Gasteiger partial charge in [-0.1, -0.05) is 60.1 Å². The number of hydrogen-bond acceptors (Lipinski definition) is 7. The van der Waals surface area contributed by atoms with Crippen LogP contribution in [0.1, 0.15) is 11.1 Å². The van der Waals surface area contributed by atoms with E-state index >= 15 is 0 Å². The molecule has 40 heavy (non-hydrogen) atoms. The van der Waals surface area contributed by atoms with Crippen LogP contribution in [0, 0.1) is 0 Å². The van der Waals surface area contributed by atoms with Gasteiger partial charge in [0.15, 0.2) is 28.8 Å². The Balaban J connectivity index is 1.36. The van der Waals surface area contributed by atoms with Gasteiger partial charge >= 0.3 is 0 Å². The quantitative estimate of drug-likeness (QED) is 0.189. The number of aromatic nitrogens is 2. The predicted octanol–water partition coefficient (Wildman–Crippen LogP) is 6.68. The van der Waals surface area contributed by atoms with Crippen LogP contribution in [0.5, 0.6) is 23.0 Å². The Bertz CT molecular complexity index is 1820. The molecule has 0 unspecified atom stereocenters. The highest BCUT2D eigenvalue weighted by Crippen LogP contribution is 2.43. The Labute approximate surface area is 242 Å². The second-order valence-electron chi connectivity index (χ2n) is 8.78. The Morgan fingerprint density at radius 2 is 1.82 bits per heavy atom. The minimum Gasteiger partial charge on any atom is -0.493 e. The van der Waals surface area contributed by atoms with Crippen LogP contribution in [0.25, 0.3) is 22.3 Å². The number of halogens is 2. The Morgan fingerprint density at radius 1 is 1.05 bits per heavy atom. The molecule has 0 fully saturated rings. The number of hydrogen-bond donors (Lipinski definition) is 0. The number of nitrogens with zero attached hydrogens (tertiary/aromatic N) is 3. The van der Waals surface area contributed by atoms with Crippen LogP contribution in [-0.4, -0.2) is 29.8 Å². The summed E-state index contributed by atoms with van der Waals surface area (Å²) >= 11 is 10.3. The summed E-state index contributed by atoms with van der Waals surface area (Å²) < 4.78 is 24.3. The average Bonchev–Trinajstić information content (AvgIpc) is 3.46. The first-order valence-corrected chi connectivity index (χ1v) is 13.4. The SMILES string of the molecule is COc1cc(C=Nn2c(-c3ccccc3)nc3ccccc3c2=O)c(Br)c(Cl)c1OCc1ccc2c(c1)OCO2. The van der Waals surface area contributed by atoms with Crippen molar-refractivity contribution >= 4 is 44.6 Å². The van der Waals surface area contributed by atoms with Crippen molar-refractivity contribution in [2.24, 2.45) is 5.10 Å². The van der Waals surface area contributed by atoms with Crippen molar-refractivity contribution in [3.63, 3.8) is 0 Å². The van der Waals surface area contributed by atoms with Crippen molar-refractivity contribution in [1.29, 1.82) is 0 Å². The van der Waals surface area contributed by atoms with Gasteiger partial charge < -0.3 is 18.9 Å². The Hall–Kier alpha value is -4.34. The molecule has 0 aliphatic carbocycles. The number of rotatable bonds is 7. The van der Waals surface area contributed by atoms with Gasteiger partial charge in [-0.3, -0.25) is 4.79 Å². The average molecular weight is 619 g/mol. The molecule has 8 nitrogen and oxygen atoms in total. The first kappa shape index (κ1) is 25.9. The Morgan fingerprint density at radius 3 is 2.65 bits per heavy atom. The Kier molecular flexibility index (Phi) is 7.15. The maximum Gasteiger partial charge on any atom is 0.282 e. The van der Waals surface area contributed by atoms with Gasteiger partial charge in [0.2, 0.25) is 6.79 Å². The summed E-state index contributed by atoms with van der Waals surface area (Å²) in [4.78, 5) is 18.2. The lowest BCUT2D eigenvalue weighted by atomic mass is 10.2. The van der Waals surface area contributed by atoms with Gasteiger partial charge in [0, 0.05) is 15.6 Å². The van der Waals surface area contributed by atoms with Gasteiger partial charge in [0.25, 0.3) is 5.56 Å². The van der Waals surface area contributed by atoms with Crippen molar-refractivity contribution in [2.45, 2.75) is 6.61 Å². The molecule has 0 saturated carbocycles. The van der Waals surface area contributed by atoms with Gasteiger partial charge in [-0.05, 0) is 51.8 Å². The van der Waals surface area contributed by atoms with Crippen molar-refractivity contribution in [1.82, 2.24) is 9.66 Å². The number of fused-ring (bicyclic) bond motifs is 2. The van der Waals surface area contributed by atoms with E-state index in [9.17, 15) is 4.79 Å². The minimum absolute atomic E-state index is 0.198. The molecular formula is C30H21BrClN3O5. The van der Waals surface area contributed by atoms with E-state index in [-0.39, 0.29) is 19.0 Å². The molecule has 2 heterocycles. The first-order valence-electron chi connectivity index (χ1n) is 12.2. The lowest BCUT2D eigenvalue weighted by molar-refractivity contribution is 0.174. The predicted molar refractivity (Wildman–Crippen MR) is 157 cm³/mol. The zero-order valence-electron chi connectivity index (χ0n) is 21.1. The standard InChI is InChI=1S/C30H21BrClN3O5/c1-37-25-14-20(26(31)27(32)28(25)38-16-18-11-12-23-24(13-18)40-17-39-23)15-33-35-29(19-7-3-2-4-8-19)34-22-10-6-5-9-21(22)30(35)36/h2-15H,16-17H2,1H3. The first-order chi connectivity index (χ1) is 19.5. The molecule has 10 heteroatoms. The van der Waals surface area contributed by atoms with Gasteiger partial charge in [0.1, 0.15) is 11.6 Å². The van der Waals surface area contributed by atoms with E-state index in [1.54, 1.807) is 24.3 Å². The molecule has 4 aromatic carbocycles. The zero-order valence-corrected chi connectivity index (χ0v) is 23.5. The molecule has 1 aliphatic heterocycles. The number of ether oxygens (including phenoxy) is 4. The van der Waals surface area contributed by atoms with E-state index in [0.29, 0.717) is 54.8 Å². The van der Waals surface area contributed by atoms with E-state index in [2.05, 4.69) is 21.0 Å². The van der Waals surface area contributed by atoms with Gasteiger partial charge in [-0.2, -0.15) is 9.78 Å². The van der Waals surface area contributed by atoms with Crippen LogP contribution in [0.15, 0.2) is 93.2 Å². The molecule has 1 aromatic heterocycles. The van der Waals surface area contributed by atoms with Crippen LogP contribution in [0.2, 0.25) is 5.02 Å². The third-order valence-electron chi connectivity index (χ3n) is 6.29. The van der Waals surface area contributed by atoms with E-state index in [1.807, 2.05) is 54.6 Å². The summed E-state index contributed by atoms with van der Waals surface area (Å²) in [6.07, 6.45) is 1.53. The summed E-state index contributed by atoms with van der Waals surface area (Å²) in [5, 5.41) is 5.30. The molecule has 0 N–H and O–H groups in total. The molecular weight excluding hydrogens is 598 g/mol. The maximum atomic E-state index is 13.5. The van der Waals surface area contributed by atoms with Crippen LogP contribution in [0.3, 0.4) is 0 Å². The number of methoxy groups -OCH3 is 1. The van der Waals surface area contributed by atoms with Crippen molar-refractivity contribution in [3.05, 3.63) is 110 Å². The normalized spacial score (nSPS) is 12.3. The monoisotopic (exact) mass is 617 g/mol. The number of para-hydroxylation sites is 1. The van der Waals surface area contributed by atoms with Gasteiger partial charge in [-0.15, -0.1) is 0 Å². The number of benzene rings is 4. The molecule has 200 valence electrons. The lowest BCUT2D eigenvalue weighted by Gasteiger charge is -2.15. The third kappa shape index (κ3) is 4.89. The highest BCUT2D eigenvalue weighted by Gasteiger charge is 2.19. The molecule has 1 aliphatic rings. The lowest BCUT2D eigenvalue weighted by Crippen LogP contribution is -2.20.